The molecule has 31 heavy (non-hydrogen) atoms. The second kappa shape index (κ2) is 7.40. The minimum atomic E-state index is -2.74. The summed E-state index contributed by atoms with van der Waals surface area (Å²) in [5.74, 6) is 1.01. The number of nitrogens with two attached hydrogens (primary N) is 1. The molecule has 164 valence electrons. The molecule has 1 saturated carbocycles. The summed E-state index contributed by atoms with van der Waals surface area (Å²) in [7, 11) is 0. The molecule has 2 aliphatic heterocycles. The molecule has 2 fully saturated rings. The van der Waals surface area contributed by atoms with E-state index in [0.29, 0.717) is 36.0 Å². The van der Waals surface area contributed by atoms with Gasteiger partial charge in [0.25, 0.3) is 6.43 Å². The maximum Gasteiger partial charge on any atom is 0.416 e. The number of rotatable bonds is 6. The lowest BCUT2D eigenvalue weighted by Gasteiger charge is -2.20. The minimum absolute atomic E-state index is 0.0184. The Labute approximate surface area is 176 Å². The summed E-state index contributed by atoms with van der Waals surface area (Å²) in [6, 6.07) is 3.93. The van der Waals surface area contributed by atoms with Crippen molar-refractivity contribution in [3.05, 3.63) is 23.9 Å². The van der Waals surface area contributed by atoms with Crippen molar-refractivity contribution in [2.45, 2.75) is 37.8 Å². The Balaban J connectivity index is 1.59. The Morgan fingerprint density at radius 2 is 2.13 bits per heavy atom. The lowest BCUT2D eigenvalue weighted by Crippen LogP contribution is -2.39. The number of aromatic nitrogens is 2. The average Bonchev–Trinajstić information content (AvgIpc) is 3.44. The Morgan fingerprint density at radius 3 is 2.84 bits per heavy atom. The van der Waals surface area contributed by atoms with Crippen molar-refractivity contribution in [1.29, 1.82) is 0 Å². The first kappa shape index (κ1) is 19.6. The van der Waals surface area contributed by atoms with Crippen LogP contribution in [0.3, 0.4) is 0 Å². The van der Waals surface area contributed by atoms with E-state index < -0.39 is 24.5 Å². The number of carbonyl (C=O) groups is 2. The zero-order valence-electron chi connectivity index (χ0n) is 16.5. The molecule has 0 spiro atoms. The van der Waals surface area contributed by atoms with Gasteiger partial charge in [-0.1, -0.05) is 0 Å². The summed E-state index contributed by atoms with van der Waals surface area (Å²) in [5.41, 5.74) is 7.28. The number of nitrogens with zero attached hydrogens (tertiary/aromatic N) is 3. The van der Waals surface area contributed by atoms with E-state index in [2.05, 4.69) is 10.3 Å². The quantitative estimate of drug-likeness (QED) is 0.723. The molecule has 9 nitrogen and oxygen atoms in total. The van der Waals surface area contributed by atoms with Crippen LogP contribution in [-0.2, 0) is 16.1 Å². The molecule has 1 aliphatic carbocycles. The second-order valence-electron chi connectivity index (χ2n) is 7.80. The highest BCUT2D eigenvalue weighted by Gasteiger charge is 2.45. The maximum absolute atomic E-state index is 13.6. The molecular weight excluding hydrogens is 412 g/mol. The van der Waals surface area contributed by atoms with Crippen molar-refractivity contribution in [3.8, 4) is 17.1 Å². The molecule has 2 amide bonds. The van der Waals surface area contributed by atoms with Crippen molar-refractivity contribution in [1.82, 2.24) is 9.55 Å². The van der Waals surface area contributed by atoms with Crippen LogP contribution in [0.4, 0.5) is 25.1 Å². The highest BCUT2D eigenvalue weighted by Crippen LogP contribution is 2.48. The molecular formula is C20H21F2N5O4. The molecule has 5 rings (SSSR count). The van der Waals surface area contributed by atoms with E-state index >= 15 is 0 Å². The lowest BCUT2D eigenvalue weighted by molar-refractivity contribution is -0.116. The topological polar surface area (TPSA) is 112 Å². The summed E-state index contributed by atoms with van der Waals surface area (Å²) in [5, 5.41) is 2.92. The summed E-state index contributed by atoms with van der Waals surface area (Å²) in [6.07, 6.45) is -1.73. The van der Waals surface area contributed by atoms with E-state index in [0.717, 1.165) is 23.4 Å². The summed E-state index contributed by atoms with van der Waals surface area (Å²) in [6.45, 7) is 0.430. The van der Waals surface area contributed by atoms with Crippen molar-refractivity contribution in [2.75, 3.05) is 30.0 Å². The van der Waals surface area contributed by atoms with Gasteiger partial charge in [0.1, 0.15) is 30.8 Å². The predicted octanol–water partition coefficient (Wildman–Crippen LogP) is 2.31. The molecule has 3 N–H and O–H groups in total. The van der Waals surface area contributed by atoms with Crippen molar-refractivity contribution in [2.24, 2.45) is 5.73 Å². The van der Waals surface area contributed by atoms with Crippen LogP contribution < -0.4 is 20.7 Å². The number of nitrogens with one attached hydrogen (secondary N) is 1. The second-order valence-corrected chi connectivity index (χ2v) is 7.80. The van der Waals surface area contributed by atoms with E-state index in [9.17, 15) is 18.4 Å². The van der Waals surface area contributed by atoms with E-state index in [1.54, 1.807) is 18.2 Å². The minimum Gasteiger partial charge on any atom is -0.491 e. The number of ether oxygens (including phenoxy) is 2. The highest BCUT2D eigenvalue weighted by molar-refractivity contribution is 5.91. The number of carbonyl (C=O) groups excluding carboxylic acids is 2. The number of amides is 2. The molecule has 3 heterocycles. The number of cyclic esters (lactones) is 1. The largest absolute Gasteiger partial charge is 0.491 e. The Kier molecular flexibility index (Phi) is 4.67. The SMILES string of the molecule is NC(=O)CNc1ccc2c(c1)OCCn1c-2nc(N2C(=O)OCC2C(F)F)c1C1CC1. The smallest absolute Gasteiger partial charge is 0.416 e. The fraction of sp³-hybridized carbons (Fsp3) is 0.450. The Morgan fingerprint density at radius 1 is 1.32 bits per heavy atom. The van der Waals surface area contributed by atoms with E-state index in [1.165, 1.54) is 0 Å². The first-order chi connectivity index (χ1) is 14.9. The number of hydrogen-bond donors (Lipinski definition) is 2. The number of anilines is 2. The van der Waals surface area contributed by atoms with Crippen LogP contribution >= 0.6 is 0 Å². The van der Waals surface area contributed by atoms with Gasteiger partial charge in [-0.3, -0.25) is 4.79 Å². The first-order valence-electron chi connectivity index (χ1n) is 10.1. The van der Waals surface area contributed by atoms with Crippen LogP contribution in [0, 0.1) is 0 Å². The maximum atomic E-state index is 13.6. The third-order valence-electron chi connectivity index (χ3n) is 5.64. The zero-order chi connectivity index (χ0) is 21.7. The molecule has 1 aromatic carbocycles. The van der Waals surface area contributed by atoms with Gasteiger partial charge in [-0.25, -0.2) is 23.5 Å². The molecule has 11 heteroatoms. The van der Waals surface area contributed by atoms with Crippen LogP contribution in [0.2, 0.25) is 0 Å². The van der Waals surface area contributed by atoms with Crippen molar-refractivity contribution < 1.29 is 27.8 Å². The van der Waals surface area contributed by atoms with E-state index in [-0.39, 0.29) is 24.9 Å². The number of halogens is 2. The average molecular weight is 433 g/mol. The van der Waals surface area contributed by atoms with Gasteiger partial charge in [0, 0.05) is 17.7 Å². The number of benzene rings is 1. The Hall–Kier alpha value is -3.37. The first-order valence-corrected chi connectivity index (χ1v) is 10.1. The highest BCUT2D eigenvalue weighted by atomic mass is 19.3. The van der Waals surface area contributed by atoms with Crippen LogP contribution in [0.15, 0.2) is 18.2 Å². The van der Waals surface area contributed by atoms with E-state index in [4.69, 9.17) is 15.2 Å². The number of alkyl halides is 2. The van der Waals surface area contributed by atoms with Crippen molar-refractivity contribution >= 4 is 23.5 Å². The van der Waals surface area contributed by atoms with Gasteiger partial charge in [0.2, 0.25) is 5.91 Å². The standard InChI is InChI=1S/C20H21F2N5O4/c21-17(22)13-9-31-20(29)27(13)19-16(10-1-2-10)26-5-6-30-14-7-11(24-8-15(23)28)3-4-12(14)18(26)25-19/h3-4,7,10,13,17,24H,1-2,5-6,8-9H2,(H2,23,28). The van der Waals surface area contributed by atoms with E-state index in [1.807, 2.05) is 4.57 Å². The van der Waals surface area contributed by atoms with Crippen molar-refractivity contribution in [3.63, 3.8) is 0 Å². The molecule has 1 aromatic heterocycles. The normalized spacial score (nSPS) is 20.0. The van der Waals surface area contributed by atoms with Crippen LogP contribution in [0.25, 0.3) is 11.4 Å². The number of hydrogen-bond acceptors (Lipinski definition) is 6. The molecule has 3 aliphatic rings. The monoisotopic (exact) mass is 433 g/mol. The molecule has 0 bridgehead atoms. The summed E-state index contributed by atoms with van der Waals surface area (Å²) < 4.78 is 40.0. The number of primary amides is 1. The molecule has 2 aromatic rings. The fourth-order valence-electron chi connectivity index (χ4n) is 4.06. The van der Waals surface area contributed by atoms with Gasteiger partial charge in [0.05, 0.1) is 24.3 Å². The van der Waals surface area contributed by atoms with Gasteiger partial charge < -0.3 is 25.1 Å². The molecule has 1 atom stereocenters. The van der Waals surface area contributed by atoms with Gasteiger partial charge in [-0.15, -0.1) is 0 Å². The van der Waals surface area contributed by atoms with Crippen LogP contribution in [0.1, 0.15) is 24.5 Å². The molecule has 1 unspecified atom stereocenters. The number of imidazole rings is 1. The summed E-state index contributed by atoms with van der Waals surface area (Å²) >= 11 is 0. The third-order valence-corrected chi connectivity index (χ3v) is 5.64. The summed E-state index contributed by atoms with van der Waals surface area (Å²) in [4.78, 5) is 29.0. The Bertz CT molecular complexity index is 1050. The van der Waals surface area contributed by atoms with Gasteiger partial charge in [0.15, 0.2) is 5.82 Å². The lowest BCUT2D eigenvalue weighted by atomic mass is 10.1. The van der Waals surface area contributed by atoms with Crippen LogP contribution in [0.5, 0.6) is 5.75 Å². The third kappa shape index (κ3) is 3.43. The predicted molar refractivity (Wildman–Crippen MR) is 106 cm³/mol. The van der Waals surface area contributed by atoms with Gasteiger partial charge in [-0.05, 0) is 25.0 Å². The number of fused-ring (bicyclic) bond motifs is 3. The molecule has 1 saturated heterocycles. The van der Waals surface area contributed by atoms with Crippen LogP contribution in [-0.4, -0.2) is 53.8 Å². The molecule has 0 radical (unpaired) electrons. The van der Waals surface area contributed by atoms with Gasteiger partial charge in [-0.2, -0.15) is 0 Å². The fourth-order valence-corrected chi connectivity index (χ4v) is 4.06. The van der Waals surface area contributed by atoms with Gasteiger partial charge >= 0.3 is 6.09 Å². The zero-order valence-corrected chi connectivity index (χ0v) is 16.5.